The Hall–Kier alpha value is -0.830. The van der Waals surface area contributed by atoms with E-state index in [1.54, 1.807) is 19.1 Å². The predicted molar refractivity (Wildman–Crippen MR) is 62.7 cm³/mol. The monoisotopic (exact) mass is 226 g/mol. The second kappa shape index (κ2) is 4.35. The molecule has 0 bridgehead atoms. The van der Waals surface area contributed by atoms with Gasteiger partial charge in [-0.1, -0.05) is 31.5 Å². The Balaban J connectivity index is 3.12. The molecule has 0 radical (unpaired) electrons. The summed E-state index contributed by atoms with van der Waals surface area (Å²) >= 11 is 0. The van der Waals surface area contributed by atoms with Crippen LogP contribution in [0.1, 0.15) is 26.3 Å². The standard InChI is InChI=1S/C12H18O2S/c1-9(2)11(4)15(13,14)12-7-5-10(3)6-8-12/h5-9,11H,1-4H3/t11-/m0/s1. The van der Waals surface area contributed by atoms with Crippen molar-refractivity contribution in [2.45, 2.75) is 37.8 Å². The Bertz CT molecular complexity index is 415. The molecule has 0 N–H and O–H groups in total. The maximum atomic E-state index is 12.1. The fraction of sp³-hybridized carbons (Fsp3) is 0.500. The lowest BCUT2D eigenvalue weighted by Crippen LogP contribution is -2.23. The number of benzene rings is 1. The van der Waals surface area contributed by atoms with Crippen LogP contribution in [-0.4, -0.2) is 13.7 Å². The molecule has 0 saturated heterocycles. The van der Waals surface area contributed by atoms with Crippen LogP contribution in [-0.2, 0) is 9.84 Å². The summed E-state index contributed by atoms with van der Waals surface area (Å²) in [4.78, 5) is 0.425. The van der Waals surface area contributed by atoms with E-state index >= 15 is 0 Å². The number of aryl methyl sites for hydroxylation is 1. The van der Waals surface area contributed by atoms with Crippen molar-refractivity contribution >= 4 is 9.84 Å². The first-order valence-corrected chi connectivity index (χ1v) is 6.71. The summed E-state index contributed by atoms with van der Waals surface area (Å²) < 4.78 is 24.2. The zero-order valence-corrected chi connectivity index (χ0v) is 10.5. The third kappa shape index (κ3) is 2.59. The minimum atomic E-state index is -3.16. The molecule has 3 heteroatoms. The molecule has 1 aromatic carbocycles. The lowest BCUT2D eigenvalue weighted by atomic mass is 10.2. The summed E-state index contributed by atoms with van der Waals surface area (Å²) in [6.07, 6.45) is 0. The van der Waals surface area contributed by atoms with Gasteiger partial charge in [-0.25, -0.2) is 8.42 Å². The SMILES string of the molecule is Cc1ccc(S(=O)(=O)[C@@H](C)C(C)C)cc1. The van der Waals surface area contributed by atoms with Crippen LogP contribution in [0, 0.1) is 12.8 Å². The molecule has 15 heavy (non-hydrogen) atoms. The quantitative estimate of drug-likeness (QED) is 0.794. The van der Waals surface area contributed by atoms with Crippen LogP contribution in [0.4, 0.5) is 0 Å². The first-order chi connectivity index (χ1) is 6.85. The Morgan fingerprint density at radius 2 is 1.47 bits per heavy atom. The molecule has 0 saturated carbocycles. The maximum absolute atomic E-state index is 12.1. The van der Waals surface area contributed by atoms with Crippen LogP contribution in [0.2, 0.25) is 0 Å². The first-order valence-electron chi connectivity index (χ1n) is 5.16. The van der Waals surface area contributed by atoms with E-state index in [1.807, 2.05) is 32.9 Å². The van der Waals surface area contributed by atoms with Crippen LogP contribution in [0.5, 0.6) is 0 Å². The minimum Gasteiger partial charge on any atom is -0.223 e. The number of hydrogen-bond donors (Lipinski definition) is 0. The highest BCUT2D eigenvalue weighted by Gasteiger charge is 2.25. The first kappa shape index (κ1) is 12.2. The molecule has 0 aliphatic carbocycles. The molecule has 0 spiro atoms. The van der Waals surface area contributed by atoms with Crippen molar-refractivity contribution in [3.8, 4) is 0 Å². The van der Waals surface area contributed by atoms with Gasteiger partial charge in [0.25, 0.3) is 0 Å². The Kier molecular flexibility index (Phi) is 3.55. The minimum absolute atomic E-state index is 0.135. The molecule has 0 aliphatic heterocycles. The number of sulfone groups is 1. The largest absolute Gasteiger partial charge is 0.223 e. The smallest absolute Gasteiger partial charge is 0.181 e. The molecule has 0 aliphatic rings. The van der Waals surface area contributed by atoms with Gasteiger partial charge in [-0.2, -0.15) is 0 Å². The molecule has 1 rings (SSSR count). The molecule has 0 fully saturated rings. The highest BCUT2D eigenvalue weighted by atomic mass is 32.2. The van der Waals surface area contributed by atoms with E-state index in [0.29, 0.717) is 4.90 Å². The van der Waals surface area contributed by atoms with E-state index in [-0.39, 0.29) is 11.2 Å². The maximum Gasteiger partial charge on any atom is 0.181 e. The average molecular weight is 226 g/mol. The summed E-state index contributed by atoms with van der Waals surface area (Å²) in [6.45, 7) is 7.56. The highest BCUT2D eigenvalue weighted by Crippen LogP contribution is 2.21. The normalized spacial score (nSPS) is 14.2. The zero-order chi connectivity index (χ0) is 11.6. The van der Waals surface area contributed by atoms with E-state index in [2.05, 4.69) is 0 Å². The lowest BCUT2D eigenvalue weighted by molar-refractivity contribution is 0.546. The molecule has 84 valence electrons. The van der Waals surface area contributed by atoms with E-state index in [1.165, 1.54) is 0 Å². The van der Waals surface area contributed by atoms with Gasteiger partial charge in [-0.3, -0.25) is 0 Å². The zero-order valence-electron chi connectivity index (χ0n) is 9.69. The molecular weight excluding hydrogens is 208 g/mol. The molecule has 0 heterocycles. The van der Waals surface area contributed by atoms with Crippen molar-refractivity contribution in [2.24, 2.45) is 5.92 Å². The second-order valence-corrected chi connectivity index (χ2v) is 6.61. The summed E-state index contributed by atoms with van der Waals surface area (Å²) in [5, 5.41) is -0.333. The molecule has 2 nitrogen and oxygen atoms in total. The third-order valence-corrected chi connectivity index (χ3v) is 5.23. The van der Waals surface area contributed by atoms with Gasteiger partial charge in [0, 0.05) is 0 Å². The van der Waals surface area contributed by atoms with Crippen LogP contribution >= 0.6 is 0 Å². The van der Waals surface area contributed by atoms with Gasteiger partial charge < -0.3 is 0 Å². The molecule has 0 aromatic heterocycles. The van der Waals surface area contributed by atoms with Gasteiger partial charge >= 0.3 is 0 Å². The van der Waals surface area contributed by atoms with Crippen molar-refractivity contribution in [1.82, 2.24) is 0 Å². The van der Waals surface area contributed by atoms with Crippen molar-refractivity contribution in [1.29, 1.82) is 0 Å². The highest BCUT2D eigenvalue weighted by molar-refractivity contribution is 7.92. The molecule has 1 aromatic rings. The molecular formula is C12H18O2S. The summed E-state index contributed by atoms with van der Waals surface area (Å²) in [5.74, 6) is 0.135. The fourth-order valence-corrected chi connectivity index (χ4v) is 2.96. The average Bonchev–Trinajstić information content (AvgIpc) is 2.17. The third-order valence-electron chi connectivity index (χ3n) is 2.78. The molecule has 0 amide bonds. The van der Waals surface area contributed by atoms with Gasteiger partial charge in [-0.15, -0.1) is 0 Å². The summed E-state index contributed by atoms with van der Waals surface area (Å²) in [7, 11) is -3.16. The van der Waals surface area contributed by atoms with E-state index in [4.69, 9.17) is 0 Å². The predicted octanol–water partition coefficient (Wildman–Crippen LogP) is 2.81. The van der Waals surface area contributed by atoms with E-state index < -0.39 is 9.84 Å². The molecule has 1 atom stereocenters. The lowest BCUT2D eigenvalue weighted by Gasteiger charge is -2.16. The van der Waals surface area contributed by atoms with Crippen molar-refractivity contribution in [3.05, 3.63) is 29.8 Å². The van der Waals surface area contributed by atoms with Crippen molar-refractivity contribution in [3.63, 3.8) is 0 Å². The van der Waals surface area contributed by atoms with E-state index in [0.717, 1.165) is 5.56 Å². The van der Waals surface area contributed by atoms with Crippen molar-refractivity contribution in [2.75, 3.05) is 0 Å². The van der Waals surface area contributed by atoms with Crippen LogP contribution in [0.3, 0.4) is 0 Å². The van der Waals surface area contributed by atoms with Gasteiger partial charge in [0.2, 0.25) is 0 Å². The number of rotatable bonds is 3. The van der Waals surface area contributed by atoms with Gasteiger partial charge in [0.15, 0.2) is 9.84 Å². The van der Waals surface area contributed by atoms with E-state index in [9.17, 15) is 8.42 Å². The van der Waals surface area contributed by atoms with Gasteiger partial charge in [0.05, 0.1) is 10.1 Å². The van der Waals surface area contributed by atoms with Crippen LogP contribution in [0.25, 0.3) is 0 Å². The number of hydrogen-bond acceptors (Lipinski definition) is 2. The fourth-order valence-electron chi connectivity index (χ4n) is 1.30. The Morgan fingerprint density at radius 1 is 1.00 bits per heavy atom. The Labute approximate surface area is 92.2 Å². The van der Waals surface area contributed by atoms with Gasteiger partial charge in [0.1, 0.15) is 0 Å². The van der Waals surface area contributed by atoms with Crippen molar-refractivity contribution < 1.29 is 8.42 Å². The second-order valence-electron chi connectivity index (χ2n) is 4.31. The topological polar surface area (TPSA) is 34.1 Å². The Morgan fingerprint density at radius 3 is 1.87 bits per heavy atom. The molecule has 0 unspecified atom stereocenters. The van der Waals surface area contributed by atoms with Crippen LogP contribution < -0.4 is 0 Å². The summed E-state index contributed by atoms with van der Waals surface area (Å²) in [5.41, 5.74) is 1.08. The summed E-state index contributed by atoms with van der Waals surface area (Å²) in [6, 6.07) is 7.03. The van der Waals surface area contributed by atoms with Gasteiger partial charge in [-0.05, 0) is 31.9 Å². The van der Waals surface area contributed by atoms with Crippen LogP contribution in [0.15, 0.2) is 29.2 Å².